The maximum atomic E-state index is 12.9. The predicted molar refractivity (Wildman–Crippen MR) is 91.2 cm³/mol. The molecule has 0 radical (unpaired) electrons. The van der Waals surface area contributed by atoms with Gasteiger partial charge < -0.3 is 4.90 Å². The fraction of sp³-hybridized carbons (Fsp3) is 0.444. The summed E-state index contributed by atoms with van der Waals surface area (Å²) in [5, 5.41) is 2.51. The molecule has 0 aliphatic heterocycles. The Balaban J connectivity index is 1.71. The van der Waals surface area contributed by atoms with Crippen molar-refractivity contribution in [2.24, 2.45) is 5.92 Å². The first-order valence-corrected chi connectivity index (χ1v) is 9.07. The van der Waals surface area contributed by atoms with Gasteiger partial charge in [0.2, 0.25) is 5.91 Å². The van der Waals surface area contributed by atoms with E-state index in [2.05, 4.69) is 4.98 Å². The van der Waals surface area contributed by atoms with Crippen molar-refractivity contribution in [3.05, 3.63) is 41.4 Å². The molecule has 3 nitrogen and oxygen atoms in total. The molecule has 1 aliphatic rings. The number of carbonyl (C=O) groups excluding carboxylic acids is 1. The van der Waals surface area contributed by atoms with Crippen molar-refractivity contribution < 1.29 is 18.0 Å². The summed E-state index contributed by atoms with van der Waals surface area (Å²) in [6.45, 7) is 0.511. The van der Waals surface area contributed by atoms with Gasteiger partial charge in [-0.1, -0.05) is 30.3 Å². The number of hydrogen-bond acceptors (Lipinski definition) is 3. The molecule has 1 aromatic carbocycles. The van der Waals surface area contributed by atoms with Crippen LogP contribution in [0, 0.1) is 5.92 Å². The molecular weight excluding hydrogens is 349 g/mol. The van der Waals surface area contributed by atoms with Crippen molar-refractivity contribution in [1.29, 1.82) is 0 Å². The number of amides is 1. The number of carbonyl (C=O) groups is 1. The van der Waals surface area contributed by atoms with Gasteiger partial charge in [-0.25, -0.2) is 4.98 Å². The fourth-order valence-electron chi connectivity index (χ4n) is 2.84. The van der Waals surface area contributed by atoms with E-state index in [0.717, 1.165) is 28.3 Å². The zero-order valence-electron chi connectivity index (χ0n) is 13.8. The van der Waals surface area contributed by atoms with Crippen molar-refractivity contribution in [2.45, 2.75) is 38.4 Å². The molecule has 1 atom stereocenters. The van der Waals surface area contributed by atoms with Gasteiger partial charge in [-0.2, -0.15) is 13.2 Å². The number of benzene rings is 1. The second kappa shape index (κ2) is 7.15. The maximum absolute atomic E-state index is 12.9. The summed E-state index contributed by atoms with van der Waals surface area (Å²) in [7, 11) is 0. The van der Waals surface area contributed by atoms with Crippen LogP contribution in [0.3, 0.4) is 0 Å². The van der Waals surface area contributed by atoms with Gasteiger partial charge in [-0.3, -0.25) is 4.79 Å². The van der Waals surface area contributed by atoms with Crippen LogP contribution in [0.2, 0.25) is 0 Å². The van der Waals surface area contributed by atoms with E-state index in [-0.39, 0.29) is 18.4 Å². The van der Waals surface area contributed by atoms with Crippen molar-refractivity contribution in [3.8, 4) is 10.6 Å². The molecule has 25 heavy (non-hydrogen) atoms. The molecular formula is C18H19F3N2OS. The van der Waals surface area contributed by atoms with Crippen LogP contribution in [0.25, 0.3) is 10.6 Å². The molecule has 1 aliphatic carbocycles. The highest BCUT2D eigenvalue weighted by molar-refractivity contribution is 7.13. The Hall–Kier alpha value is -1.89. The standard InChI is InChI=1S/C18H19F3N2OS/c1-12(13-7-8-13)23(11-18(19,20)21)16(24)9-15-10-25-17(22-15)14-5-3-2-4-6-14/h2-6,10,12-13H,7-9,11H2,1H3/t12-/m1/s1. The van der Waals surface area contributed by atoms with Gasteiger partial charge in [0.15, 0.2) is 0 Å². The van der Waals surface area contributed by atoms with E-state index in [1.54, 1.807) is 12.3 Å². The SMILES string of the molecule is C[C@H](C1CC1)N(CC(F)(F)F)C(=O)Cc1csc(-c2ccccc2)n1. The second-order valence-corrected chi connectivity index (χ2v) is 7.26. The molecule has 0 bridgehead atoms. The monoisotopic (exact) mass is 368 g/mol. The highest BCUT2D eigenvalue weighted by Crippen LogP contribution is 2.36. The average molecular weight is 368 g/mol. The summed E-state index contributed by atoms with van der Waals surface area (Å²) >= 11 is 1.39. The van der Waals surface area contributed by atoms with Crippen LogP contribution >= 0.6 is 11.3 Å². The molecule has 2 aromatic rings. The first kappa shape index (κ1) is 17.9. The molecule has 134 valence electrons. The Bertz CT molecular complexity index is 725. The summed E-state index contributed by atoms with van der Waals surface area (Å²) in [6, 6.07) is 9.12. The third-order valence-corrected chi connectivity index (χ3v) is 5.31. The van der Waals surface area contributed by atoms with Crippen LogP contribution in [-0.4, -0.2) is 34.6 Å². The van der Waals surface area contributed by atoms with Crippen molar-refractivity contribution in [2.75, 3.05) is 6.54 Å². The first-order valence-electron chi connectivity index (χ1n) is 8.19. The average Bonchev–Trinajstić information content (AvgIpc) is 3.31. The van der Waals surface area contributed by atoms with Gasteiger partial charge >= 0.3 is 6.18 Å². The molecule has 0 unspecified atom stereocenters. The number of nitrogens with zero attached hydrogens (tertiary/aromatic N) is 2. The first-order chi connectivity index (χ1) is 11.8. The molecule has 1 heterocycles. The zero-order chi connectivity index (χ0) is 18.0. The molecule has 0 saturated heterocycles. The maximum Gasteiger partial charge on any atom is 0.406 e. The van der Waals surface area contributed by atoms with Gasteiger partial charge in [0.05, 0.1) is 12.1 Å². The number of rotatable bonds is 6. The lowest BCUT2D eigenvalue weighted by molar-refractivity contribution is -0.165. The number of alkyl halides is 3. The number of halogens is 3. The number of hydrogen-bond donors (Lipinski definition) is 0. The molecule has 0 spiro atoms. The van der Waals surface area contributed by atoms with Crippen molar-refractivity contribution in [3.63, 3.8) is 0 Å². The Kier molecular flexibility index (Phi) is 5.13. The van der Waals surface area contributed by atoms with E-state index in [1.807, 2.05) is 30.3 Å². The molecule has 1 amide bonds. The lowest BCUT2D eigenvalue weighted by Crippen LogP contribution is -2.46. The summed E-state index contributed by atoms with van der Waals surface area (Å²) in [5.41, 5.74) is 1.45. The minimum Gasteiger partial charge on any atom is -0.330 e. The van der Waals surface area contributed by atoms with Crippen LogP contribution in [0.5, 0.6) is 0 Å². The number of aromatic nitrogens is 1. The zero-order valence-corrected chi connectivity index (χ0v) is 14.6. The summed E-state index contributed by atoms with van der Waals surface area (Å²) < 4.78 is 38.6. The van der Waals surface area contributed by atoms with E-state index in [9.17, 15) is 18.0 Å². The smallest absolute Gasteiger partial charge is 0.330 e. The third kappa shape index (κ3) is 4.81. The Morgan fingerprint density at radius 2 is 2.00 bits per heavy atom. The minimum atomic E-state index is -4.39. The second-order valence-electron chi connectivity index (χ2n) is 6.40. The predicted octanol–water partition coefficient (Wildman–Crippen LogP) is 4.54. The Morgan fingerprint density at radius 1 is 1.32 bits per heavy atom. The molecule has 0 N–H and O–H groups in total. The molecule has 1 saturated carbocycles. The van der Waals surface area contributed by atoms with Gasteiger partial charge in [-0.05, 0) is 25.7 Å². The Labute approximate surface area is 148 Å². The summed E-state index contributed by atoms with van der Waals surface area (Å²) in [5.74, 6) is -0.330. The highest BCUT2D eigenvalue weighted by atomic mass is 32.1. The number of thiazole rings is 1. The molecule has 7 heteroatoms. The van der Waals surface area contributed by atoms with Crippen LogP contribution in [0.15, 0.2) is 35.7 Å². The fourth-order valence-corrected chi connectivity index (χ4v) is 3.67. The van der Waals surface area contributed by atoms with Crippen molar-refractivity contribution in [1.82, 2.24) is 9.88 Å². The molecule has 3 rings (SSSR count). The normalized spacial score (nSPS) is 15.8. The van der Waals surface area contributed by atoms with E-state index in [1.165, 1.54) is 11.3 Å². The lowest BCUT2D eigenvalue weighted by Gasteiger charge is -2.30. The third-order valence-electron chi connectivity index (χ3n) is 4.37. The van der Waals surface area contributed by atoms with Crippen molar-refractivity contribution >= 4 is 17.2 Å². The Morgan fingerprint density at radius 3 is 2.60 bits per heavy atom. The highest BCUT2D eigenvalue weighted by Gasteiger charge is 2.40. The van der Waals surface area contributed by atoms with Crippen LogP contribution < -0.4 is 0 Å². The lowest BCUT2D eigenvalue weighted by atomic mass is 10.1. The largest absolute Gasteiger partial charge is 0.406 e. The quantitative estimate of drug-likeness (QED) is 0.750. The van der Waals surface area contributed by atoms with Gasteiger partial charge in [0, 0.05) is 17.0 Å². The van der Waals surface area contributed by atoms with E-state index >= 15 is 0 Å². The van der Waals surface area contributed by atoms with Gasteiger partial charge in [0.1, 0.15) is 11.6 Å². The summed E-state index contributed by atoms with van der Waals surface area (Å²) in [4.78, 5) is 17.9. The molecule has 1 aromatic heterocycles. The van der Waals surface area contributed by atoms with Gasteiger partial charge in [-0.15, -0.1) is 11.3 Å². The van der Waals surface area contributed by atoms with E-state index in [4.69, 9.17) is 0 Å². The van der Waals surface area contributed by atoms with Crippen LogP contribution in [-0.2, 0) is 11.2 Å². The van der Waals surface area contributed by atoms with Crippen LogP contribution in [0.4, 0.5) is 13.2 Å². The summed E-state index contributed by atoms with van der Waals surface area (Å²) in [6.07, 6.45) is -2.72. The minimum absolute atomic E-state index is 0.101. The topological polar surface area (TPSA) is 33.2 Å². The van der Waals surface area contributed by atoms with Crippen LogP contribution in [0.1, 0.15) is 25.5 Å². The van der Waals surface area contributed by atoms with E-state index in [0.29, 0.717) is 5.69 Å². The van der Waals surface area contributed by atoms with E-state index < -0.39 is 18.6 Å². The molecule has 1 fully saturated rings. The van der Waals surface area contributed by atoms with Gasteiger partial charge in [0.25, 0.3) is 0 Å².